The molecule has 0 aliphatic heterocycles. The largest absolute Gasteiger partial charge is 0.356 e. The zero-order chi connectivity index (χ0) is 21.7. The van der Waals surface area contributed by atoms with Gasteiger partial charge in [-0.1, -0.05) is 46.6 Å². The number of hydrogen-bond acceptors (Lipinski definition) is 5. The molecule has 10 heteroatoms. The molecule has 0 bridgehead atoms. The number of nitrogens with zero attached hydrogens (tertiary/aromatic N) is 3. The Labute approximate surface area is 192 Å². The van der Waals surface area contributed by atoms with Gasteiger partial charge in [0, 0.05) is 40.5 Å². The molecule has 1 aromatic heterocycles. The summed E-state index contributed by atoms with van der Waals surface area (Å²) in [4.78, 5) is 23.7. The third-order valence-corrected chi connectivity index (χ3v) is 5.64. The van der Waals surface area contributed by atoms with Gasteiger partial charge in [-0.2, -0.15) is 0 Å². The molecular weight excluding hydrogens is 467 g/mol. The standard InChI is InChI=1S/C20H17Cl3N4O2S/c1-12(28)24-7-6-19-25-26-20(27(19)17-9-15(22)8-16(23)10-17)30-11-18(29)13-2-4-14(21)5-3-13/h2-5,8-10H,6-7,11H2,1H3,(H,24,28). The molecule has 2 aromatic carbocycles. The Morgan fingerprint density at radius 3 is 2.30 bits per heavy atom. The van der Waals surface area contributed by atoms with Crippen molar-refractivity contribution in [1.82, 2.24) is 20.1 Å². The topological polar surface area (TPSA) is 76.9 Å². The van der Waals surface area contributed by atoms with E-state index >= 15 is 0 Å². The molecule has 0 radical (unpaired) electrons. The first-order chi connectivity index (χ1) is 14.3. The fraction of sp³-hybridized carbons (Fsp3) is 0.200. The average molecular weight is 484 g/mol. The predicted molar refractivity (Wildman–Crippen MR) is 120 cm³/mol. The van der Waals surface area contributed by atoms with E-state index in [0.717, 1.165) is 0 Å². The molecule has 0 saturated heterocycles. The summed E-state index contributed by atoms with van der Waals surface area (Å²) in [5, 5.41) is 13.2. The Morgan fingerprint density at radius 1 is 1.00 bits per heavy atom. The van der Waals surface area contributed by atoms with E-state index in [1.165, 1.54) is 18.7 Å². The first kappa shape index (κ1) is 22.6. The van der Waals surface area contributed by atoms with Crippen LogP contribution in [0, 0.1) is 0 Å². The van der Waals surface area contributed by atoms with Crippen LogP contribution in [0.5, 0.6) is 0 Å². The number of halogens is 3. The lowest BCUT2D eigenvalue weighted by Gasteiger charge is -2.11. The van der Waals surface area contributed by atoms with Gasteiger partial charge in [-0.3, -0.25) is 14.2 Å². The highest BCUT2D eigenvalue weighted by molar-refractivity contribution is 7.99. The summed E-state index contributed by atoms with van der Waals surface area (Å²) in [7, 11) is 0. The molecule has 0 saturated carbocycles. The van der Waals surface area contributed by atoms with Crippen molar-refractivity contribution in [2.24, 2.45) is 0 Å². The van der Waals surface area contributed by atoms with Crippen LogP contribution in [0.15, 0.2) is 47.6 Å². The molecule has 156 valence electrons. The van der Waals surface area contributed by atoms with Crippen molar-refractivity contribution in [3.63, 3.8) is 0 Å². The molecule has 1 N–H and O–H groups in total. The summed E-state index contributed by atoms with van der Waals surface area (Å²) in [6.07, 6.45) is 0.447. The maximum absolute atomic E-state index is 12.5. The van der Waals surface area contributed by atoms with Gasteiger partial charge in [0.25, 0.3) is 0 Å². The summed E-state index contributed by atoms with van der Waals surface area (Å²) >= 11 is 19.5. The van der Waals surface area contributed by atoms with Crippen molar-refractivity contribution in [3.05, 3.63) is 68.9 Å². The van der Waals surface area contributed by atoms with E-state index in [1.54, 1.807) is 47.0 Å². The minimum atomic E-state index is -0.130. The number of benzene rings is 2. The quantitative estimate of drug-likeness (QED) is 0.365. The molecule has 1 heterocycles. The van der Waals surface area contributed by atoms with Crippen molar-refractivity contribution in [2.75, 3.05) is 12.3 Å². The molecule has 0 unspecified atom stereocenters. The smallest absolute Gasteiger partial charge is 0.216 e. The Kier molecular flexibility index (Phi) is 7.77. The molecule has 0 fully saturated rings. The molecule has 0 aliphatic carbocycles. The number of aromatic nitrogens is 3. The van der Waals surface area contributed by atoms with Crippen LogP contribution in [0.25, 0.3) is 5.69 Å². The van der Waals surface area contributed by atoms with E-state index in [9.17, 15) is 9.59 Å². The Bertz CT molecular complexity index is 1050. The summed E-state index contributed by atoms with van der Waals surface area (Å²) < 4.78 is 1.79. The Balaban J connectivity index is 1.85. The molecule has 3 aromatic rings. The van der Waals surface area contributed by atoms with Gasteiger partial charge in [0.1, 0.15) is 5.82 Å². The van der Waals surface area contributed by atoms with Crippen molar-refractivity contribution in [2.45, 2.75) is 18.5 Å². The molecule has 0 spiro atoms. The normalized spacial score (nSPS) is 10.8. The highest BCUT2D eigenvalue weighted by Gasteiger charge is 2.17. The van der Waals surface area contributed by atoms with Gasteiger partial charge in [0.15, 0.2) is 10.9 Å². The van der Waals surface area contributed by atoms with Crippen LogP contribution >= 0.6 is 46.6 Å². The van der Waals surface area contributed by atoms with Gasteiger partial charge >= 0.3 is 0 Å². The highest BCUT2D eigenvalue weighted by Crippen LogP contribution is 2.27. The fourth-order valence-corrected chi connectivity index (χ4v) is 4.19. The minimum absolute atomic E-state index is 0.0601. The number of carbonyl (C=O) groups excluding carboxylic acids is 2. The molecule has 6 nitrogen and oxygen atoms in total. The highest BCUT2D eigenvalue weighted by atomic mass is 35.5. The maximum atomic E-state index is 12.5. The lowest BCUT2D eigenvalue weighted by molar-refractivity contribution is -0.118. The number of hydrogen-bond donors (Lipinski definition) is 1. The van der Waals surface area contributed by atoms with Crippen molar-refractivity contribution in [3.8, 4) is 5.69 Å². The lowest BCUT2D eigenvalue weighted by atomic mass is 10.1. The second-order valence-corrected chi connectivity index (χ2v) is 8.57. The monoisotopic (exact) mass is 482 g/mol. The van der Waals surface area contributed by atoms with Gasteiger partial charge in [-0.05, 0) is 42.5 Å². The zero-order valence-electron chi connectivity index (χ0n) is 15.9. The number of carbonyl (C=O) groups is 2. The second kappa shape index (κ2) is 10.3. The third kappa shape index (κ3) is 5.98. The van der Waals surface area contributed by atoms with Gasteiger partial charge in [-0.25, -0.2) is 0 Å². The van der Waals surface area contributed by atoms with Crippen molar-refractivity contribution >= 4 is 58.3 Å². The van der Waals surface area contributed by atoms with Crippen LogP contribution in [0.1, 0.15) is 23.1 Å². The van der Waals surface area contributed by atoms with E-state index in [0.29, 0.717) is 50.3 Å². The van der Waals surface area contributed by atoms with Crippen molar-refractivity contribution in [1.29, 1.82) is 0 Å². The predicted octanol–water partition coefficient (Wildman–Crippen LogP) is 4.88. The molecule has 3 rings (SSSR count). The average Bonchev–Trinajstić information content (AvgIpc) is 3.08. The van der Waals surface area contributed by atoms with Crippen LogP contribution < -0.4 is 5.32 Å². The summed E-state index contributed by atoms with van der Waals surface area (Å²) in [6, 6.07) is 11.8. The van der Waals surface area contributed by atoms with Crippen LogP contribution in [-0.4, -0.2) is 38.8 Å². The summed E-state index contributed by atoms with van der Waals surface area (Å²) in [5.41, 5.74) is 1.24. The van der Waals surface area contributed by atoms with Crippen LogP contribution in [0.3, 0.4) is 0 Å². The third-order valence-electron chi connectivity index (χ3n) is 4.03. The lowest BCUT2D eigenvalue weighted by Crippen LogP contribution is -2.23. The van der Waals surface area contributed by atoms with E-state index in [4.69, 9.17) is 34.8 Å². The molecule has 0 atom stereocenters. The van der Waals surface area contributed by atoms with Crippen molar-refractivity contribution < 1.29 is 9.59 Å². The Hall–Kier alpha value is -2.06. The number of Topliss-reactive ketones (excluding diaryl/α,β-unsaturated/α-hetero) is 1. The van der Waals surface area contributed by atoms with E-state index < -0.39 is 0 Å². The number of thioether (sulfide) groups is 1. The van der Waals surface area contributed by atoms with Gasteiger partial charge in [0.2, 0.25) is 5.91 Å². The molecule has 0 aliphatic rings. The van der Waals surface area contributed by atoms with E-state index in [2.05, 4.69) is 15.5 Å². The molecule has 1 amide bonds. The first-order valence-electron chi connectivity index (χ1n) is 8.90. The molecule has 30 heavy (non-hydrogen) atoms. The summed E-state index contributed by atoms with van der Waals surface area (Å²) in [6.45, 7) is 1.85. The van der Waals surface area contributed by atoms with Crippen LogP contribution in [0.2, 0.25) is 15.1 Å². The van der Waals surface area contributed by atoms with E-state index in [1.807, 2.05) is 0 Å². The summed E-state index contributed by atoms with van der Waals surface area (Å²) in [5.74, 6) is 0.591. The SMILES string of the molecule is CC(=O)NCCc1nnc(SCC(=O)c2ccc(Cl)cc2)n1-c1cc(Cl)cc(Cl)c1. The van der Waals surface area contributed by atoms with Crippen LogP contribution in [-0.2, 0) is 11.2 Å². The Morgan fingerprint density at radius 2 is 1.67 bits per heavy atom. The zero-order valence-corrected chi connectivity index (χ0v) is 18.9. The van der Waals surface area contributed by atoms with Gasteiger partial charge in [-0.15, -0.1) is 10.2 Å². The molecular formula is C20H17Cl3N4O2S. The van der Waals surface area contributed by atoms with E-state index in [-0.39, 0.29) is 17.4 Å². The number of ketones is 1. The van der Waals surface area contributed by atoms with Gasteiger partial charge in [0.05, 0.1) is 11.4 Å². The maximum Gasteiger partial charge on any atom is 0.216 e. The minimum Gasteiger partial charge on any atom is -0.356 e. The number of amides is 1. The van der Waals surface area contributed by atoms with Crippen LogP contribution in [0.4, 0.5) is 0 Å². The first-order valence-corrected chi connectivity index (χ1v) is 11.0. The van der Waals surface area contributed by atoms with Gasteiger partial charge < -0.3 is 5.32 Å². The number of rotatable bonds is 8. The second-order valence-electron chi connectivity index (χ2n) is 6.31. The fourth-order valence-electron chi connectivity index (χ4n) is 2.68. The number of nitrogens with one attached hydrogen (secondary N) is 1.